The zero-order chi connectivity index (χ0) is 17.7. The molecule has 0 saturated carbocycles. The first-order chi connectivity index (χ1) is 11.3. The molecule has 0 fully saturated rings. The van der Waals surface area contributed by atoms with Gasteiger partial charge in [-0.3, -0.25) is 0 Å². The minimum absolute atomic E-state index is 0.0702. The van der Waals surface area contributed by atoms with Gasteiger partial charge in [-0.25, -0.2) is 8.42 Å². The molecule has 130 valence electrons. The smallest absolute Gasteiger partial charge is 0.244 e. The maximum Gasteiger partial charge on any atom is 0.244 e. The molecule has 8 nitrogen and oxygen atoms in total. The van der Waals surface area contributed by atoms with E-state index < -0.39 is 16.4 Å². The minimum atomic E-state index is -3.33. The molecule has 4 N–H and O–H groups in total. The third-order valence-corrected chi connectivity index (χ3v) is 5.47. The lowest BCUT2D eigenvalue weighted by molar-refractivity contribution is 0.319. The molecule has 0 saturated heterocycles. The number of aliphatic hydroxyl groups excluding tert-OH is 1. The number of nitrogens with zero attached hydrogens (tertiary/aromatic N) is 3. The summed E-state index contributed by atoms with van der Waals surface area (Å²) in [4.78, 5) is 4.03. The Balaban J connectivity index is 2.12. The lowest BCUT2D eigenvalue weighted by Crippen LogP contribution is -2.21. The number of nitrogen functional groups attached to an aromatic ring is 1. The van der Waals surface area contributed by atoms with E-state index in [2.05, 4.69) is 20.5 Å². The summed E-state index contributed by atoms with van der Waals surface area (Å²) in [5, 5.41) is 19.9. The van der Waals surface area contributed by atoms with Crippen molar-refractivity contribution in [2.75, 3.05) is 35.7 Å². The predicted octanol–water partition coefficient (Wildman–Crippen LogP) is 1.25. The highest BCUT2D eigenvalue weighted by atomic mass is 35.5. The Bertz CT molecular complexity index is 832. The van der Waals surface area contributed by atoms with Crippen LogP contribution >= 0.6 is 23.2 Å². The largest absolute Gasteiger partial charge is 0.395 e. The number of aromatic nitrogens is 3. The molecule has 0 unspecified atom stereocenters. The van der Waals surface area contributed by atoms with Crippen LogP contribution in [0.25, 0.3) is 11.3 Å². The standard InChI is InChI=1S/C13H15Cl2N5O3S/c14-9-3-1-2-8(10(9)15)11-12(16)18-13(20-19-11)17-4-6-24(22,23)7-5-21/h1-3,21H,4-7H2,(H3,16,17,18,20). The van der Waals surface area contributed by atoms with Crippen LogP contribution in [0.3, 0.4) is 0 Å². The van der Waals surface area contributed by atoms with Gasteiger partial charge in [-0.2, -0.15) is 4.98 Å². The molecule has 1 aromatic carbocycles. The summed E-state index contributed by atoms with van der Waals surface area (Å²) < 4.78 is 23.0. The number of nitrogens with one attached hydrogen (secondary N) is 1. The third kappa shape index (κ3) is 4.67. The summed E-state index contributed by atoms with van der Waals surface area (Å²) >= 11 is 12.1. The van der Waals surface area contributed by atoms with E-state index in [0.717, 1.165) is 0 Å². The Morgan fingerprint density at radius 1 is 1.21 bits per heavy atom. The number of halogens is 2. The van der Waals surface area contributed by atoms with Gasteiger partial charge in [0.2, 0.25) is 5.95 Å². The van der Waals surface area contributed by atoms with Gasteiger partial charge in [0.05, 0.1) is 28.2 Å². The first-order valence-corrected chi connectivity index (χ1v) is 9.41. The minimum Gasteiger partial charge on any atom is -0.395 e. The van der Waals surface area contributed by atoms with Crippen molar-refractivity contribution in [1.82, 2.24) is 15.2 Å². The molecule has 0 spiro atoms. The van der Waals surface area contributed by atoms with Crippen LogP contribution in [0.1, 0.15) is 0 Å². The monoisotopic (exact) mass is 391 g/mol. The maximum atomic E-state index is 11.5. The van der Waals surface area contributed by atoms with Gasteiger partial charge in [0.15, 0.2) is 15.7 Å². The lowest BCUT2D eigenvalue weighted by Gasteiger charge is -2.09. The van der Waals surface area contributed by atoms with E-state index >= 15 is 0 Å². The Morgan fingerprint density at radius 2 is 1.96 bits per heavy atom. The van der Waals surface area contributed by atoms with E-state index in [4.69, 9.17) is 34.0 Å². The van der Waals surface area contributed by atoms with E-state index in [-0.39, 0.29) is 40.5 Å². The van der Waals surface area contributed by atoms with Gasteiger partial charge in [0, 0.05) is 12.1 Å². The summed E-state index contributed by atoms with van der Waals surface area (Å²) in [6.45, 7) is -0.344. The second-order valence-electron chi connectivity index (χ2n) is 4.77. The molecule has 24 heavy (non-hydrogen) atoms. The molecule has 0 aliphatic heterocycles. The maximum absolute atomic E-state index is 11.5. The highest BCUT2D eigenvalue weighted by Crippen LogP contribution is 2.34. The molecule has 0 amide bonds. The Labute approximate surface area is 148 Å². The van der Waals surface area contributed by atoms with E-state index in [0.29, 0.717) is 10.6 Å². The van der Waals surface area contributed by atoms with Crippen molar-refractivity contribution in [3.05, 3.63) is 28.2 Å². The highest BCUT2D eigenvalue weighted by Gasteiger charge is 2.14. The van der Waals surface area contributed by atoms with Crippen LogP contribution in [-0.4, -0.2) is 53.4 Å². The number of anilines is 2. The van der Waals surface area contributed by atoms with Crippen LogP contribution in [0.5, 0.6) is 0 Å². The fourth-order valence-corrected chi connectivity index (χ4v) is 3.14. The van der Waals surface area contributed by atoms with Gasteiger partial charge in [0.25, 0.3) is 0 Å². The SMILES string of the molecule is Nc1nc(NCCS(=O)(=O)CCO)nnc1-c1cccc(Cl)c1Cl. The second kappa shape index (κ2) is 7.93. The van der Waals surface area contributed by atoms with Crippen molar-refractivity contribution < 1.29 is 13.5 Å². The second-order valence-corrected chi connectivity index (χ2v) is 7.86. The van der Waals surface area contributed by atoms with Crippen molar-refractivity contribution >= 4 is 44.8 Å². The normalized spacial score (nSPS) is 11.5. The van der Waals surface area contributed by atoms with Gasteiger partial charge in [0.1, 0.15) is 5.69 Å². The molecular formula is C13H15Cl2N5O3S. The predicted molar refractivity (Wildman–Crippen MR) is 93.9 cm³/mol. The number of aliphatic hydroxyl groups is 1. The molecule has 1 aromatic heterocycles. The zero-order valence-corrected chi connectivity index (χ0v) is 14.7. The fraction of sp³-hybridized carbons (Fsp3) is 0.308. The van der Waals surface area contributed by atoms with Crippen LogP contribution in [-0.2, 0) is 9.84 Å². The number of hydrogen-bond acceptors (Lipinski definition) is 8. The molecule has 0 radical (unpaired) electrons. The van der Waals surface area contributed by atoms with Gasteiger partial charge in [-0.1, -0.05) is 35.3 Å². The molecule has 11 heteroatoms. The van der Waals surface area contributed by atoms with E-state index in [9.17, 15) is 8.42 Å². The van der Waals surface area contributed by atoms with E-state index in [1.165, 1.54) is 0 Å². The molecule has 0 aliphatic carbocycles. The van der Waals surface area contributed by atoms with Gasteiger partial charge >= 0.3 is 0 Å². The molecule has 0 aliphatic rings. The number of sulfone groups is 1. The van der Waals surface area contributed by atoms with Crippen molar-refractivity contribution in [3.63, 3.8) is 0 Å². The number of hydrogen-bond donors (Lipinski definition) is 3. The summed E-state index contributed by atoms with van der Waals surface area (Å²) in [5.74, 6) is -0.288. The summed E-state index contributed by atoms with van der Waals surface area (Å²) in [6, 6.07) is 5.01. The van der Waals surface area contributed by atoms with Gasteiger partial charge in [-0.05, 0) is 6.07 Å². The van der Waals surface area contributed by atoms with Crippen molar-refractivity contribution in [2.24, 2.45) is 0 Å². The topological polar surface area (TPSA) is 131 Å². The number of rotatable bonds is 7. The molecule has 2 rings (SSSR count). The van der Waals surface area contributed by atoms with E-state index in [1.54, 1.807) is 18.2 Å². The molecule has 0 atom stereocenters. The first kappa shape index (κ1) is 18.7. The average Bonchev–Trinajstić information content (AvgIpc) is 2.50. The quantitative estimate of drug-likeness (QED) is 0.642. The van der Waals surface area contributed by atoms with Crippen molar-refractivity contribution in [3.8, 4) is 11.3 Å². The molecule has 1 heterocycles. The van der Waals surface area contributed by atoms with Crippen LogP contribution in [0.2, 0.25) is 10.0 Å². The summed E-state index contributed by atoms with van der Waals surface area (Å²) in [6.07, 6.45) is 0. The third-order valence-electron chi connectivity index (χ3n) is 3.02. The molecule has 2 aromatic rings. The average molecular weight is 392 g/mol. The van der Waals surface area contributed by atoms with Crippen LogP contribution in [0.4, 0.5) is 11.8 Å². The summed E-state index contributed by atoms with van der Waals surface area (Å²) in [7, 11) is -3.33. The highest BCUT2D eigenvalue weighted by molar-refractivity contribution is 7.91. The number of benzene rings is 1. The van der Waals surface area contributed by atoms with Crippen molar-refractivity contribution in [2.45, 2.75) is 0 Å². The first-order valence-electron chi connectivity index (χ1n) is 6.84. The zero-order valence-electron chi connectivity index (χ0n) is 12.4. The lowest BCUT2D eigenvalue weighted by atomic mass is 10.1. The van der Waals surface area contributed by atoms with Gasteiger partial charge in [-0.15, -0.1) is 10.2 Å². The Kier molecular flexibility index (Phi) is 6.16. The Hall–Kier alpha value is -1.68. The van der Waals surface area contributed by atoms with Crippen LogP contribution < -0.4 is 11.1 Å². The van der Waals surface area contributed by atoms with E-state index in [1.807, 2.05) is 0 Å². The van der Waals surface area contributed by atoms with Gasteiger partial charge < -0.3 is 16.2 Å². The number of nitrogens with two attached hydrogens (primary N) is 1. The Morgan fingerprint density at radius 3 is 2.62 bits per heavy atom. The molecular weight excluding hydrogens is 377 g/mol. The summed E-state index contributed by atoms with van der Waals surface area (Å²) in [5.41, 5.74) is 6.65. The fourth-order valence-electron chi connectivity index (χ4n) is 1.85. The van der Waals surface area contributed by atoms with Crippen LogP contribution in [0.15, 0.2) is 18.2 Å². The van der Waals surface area contributed by atoms with Crippen molar-refractivity contribution in [1.29, 1.82) is 0 Å². The molecule has 0 bridgehead atoms. The van der Waals surface area contributed by atoms with Crippen LogP contribution in [0, 0.1) is 0 Å².